The molecule has 0 saturated heterocycles. The molecule has 0 spiro atoms. The maximum atomic E-state index is 6.18. The van der Waals surface area contributed by atoms with E-state index in [1.807, 2.05) is 19.1 Å². The van der Waals surface area contributed by atoms with Crippen molar-refractivity contribution in [1.29, 1.82) is 0 Å². The lowest BCUT2D eigenvalue weighted by Gasteiger charge is -2.12. The number of halogens is 2. The van der Waals surface area contributed by atoms with Crippen molar-refractivity contribution in [2.45, 2.75) is 33.4 Å². The Bertz CT molecular complexity index is 580. The molecule has 0 amide bonds. The fraction of sp³-hybridized carbons (Fsp3) is 0.385. The summed E-state index contributed by atoms with van der Waals surface area (Å²) in [5.41, 5.74) is 2.92. The van der Waals surface area contributed by atoms with Gasteiger partial charge in [-0.25, -0.2) is 4.68 Å². The van der Waals surface area contributed by atoms with Gasteiger partial charge < -0.3 is 5.32 Å². The lowest BCUT2D eigenvalue weighted by molar-refractivity contribution is 0.570. The van der Waals surface area contributed by atoms with Crippen molar-refractivity contribution in [3.8, 4) is 5.69 Å². The zero-order valence-electron chi connectivity index (χ0n) is 11.1. The Kier molecular flexibility index (Phi) is 4.60. The van der Waals surface area contributed by atoms with Crippen LogP contribution in [0.3, 0.4) is 0 Å². The van der Waals surface area contributed by atoms with Gasteiger partial charge in [-0.1, -0.05) is 30.7 Å². The Hall–Kier alpha value is -0.910. The number of benzene rings is 1. The van der Waals surface area contributed by atoms with E-state index in [4.69, 9.17) is 11.6 Å². The molecule has 0 bridgehead atoms. The molecule has 0 aliphatic rings. The lowest BCUT2D eigenvalue weighted by atomic mass is 10.2. The molecule has 0 atom stereocenters. The highest BCUT2D eigenvalue weighted by molar-refractivity contribution is 9.10. The molecule has 1 aromatic heterocycles. The van der Waals surface area contributed by atoms with Gasteiger partial charge in [0.05, 0.1) is 17.6 Å². The molecule has 19 heavy (non-hydrogen) atoms. The Balaban J connectivity index is 2.37. The molecule has 2 rings (SSSR count). The monoisotopic (exact) mass is 342 g/mol. The van der Waals surface area contributed by atoms with Crippen molar-refractivity contribution < 1.29 is 0 Å². The minimum absolute atomic E-state index is 0.411. The summed E-state index contributed by atoms with van der Waals surface area (Å²) < 4.78 is 2.75. The molecular weight excluding hydrogens is 328 g/mol. The molecule has 1 heterocycles. The van der Waals surface area contributed by atoms with Gasteiger partial charge in [-0.05, 0) is 40.5 Å². The molecule has 1 aromatic carbocycles. The van der Waals surface area contributed by atoms with Gasteiger partial charge >= 0.3 is 0 Å². The van der Waals surface area contributed by atoms with E-state index in [-0.39, 0.29) is 0 Å². The third-order valence-electron chi connectivity index (χ3n) is 2.77. The van der Waals surface area contributed by atoms with Crippen molar-refractivity contribution in [2.75, 3.05) is 0 Å². The Morgan fingerprint density at radius 3 is 2.84 bits per heavy atom. The molecule has 2 aromatic rings. The van der Waals surface area contributed by atoms with Crippen LogP contribution in [0.5, 0.6) is 0 Å². The van der Waals surface area contributed by atoms with Crippen LogP contribution in [0.15, 0.2) is 22.8 Å². The first-order valence-electron chi connectivity index (χ1n) is 6.08. The SMILES string of the molecule is Cc1cc(Br)c(-n2nncc2CNC(C)C)cc1Cl. The first-order chi connectivity index (χ1) is 8.99. The third-order valence-corrected chi connectivity index (χ3v) is 3.81. The number of nitrogens with one attached hydrogen (secondary N) is 1. The zero-order chi connectivity index (χ0) is 14.0. The molecule has 102 valence electrons. The second-order valence-corrected chi connectivity index (χ2v) is 5.99. The highest BCUT2D eigenvalue weighted by atomic mass is 79.9. The molecule has 0 saturated carbocycles. The number of rotatable bonds is 4. The van der Waals surface area contributed by atoms with Gasteiger partial charge in [-0.3, -0.25) is 0 Å². The minimum Gasteiger partial charge on any atom is -0.309 e. The molecule has 0 radical (unpaired) electrons. The second kappa shape index (κ2) is 6.03. The topological polar surface area (TPSA) is 42.7 Å². The number of nitrogens with zero attached hydrogens (tertiary/aromatic N) is 3. The van der Waals surface area contributed by atoms with Crippen molar-refractivity contribution in [3.05, 3.63) is 39.1 Å². The van der Waals surface area contributed by atoms with E-state index < -0.39 is 0 Å². The van der Waals surface area contributed by atoms with Crippen molar-refractivity contribution in [3.63, 3.8) is 0 Å². The van der Waals surface area contributed by atoms with Crippen LogP contribution in [0, 0.1) is 6.92 Å². The second-order valence-electron chi connectivity index (χ2n) is 4.73. The first kappa shape index (κ1) is 14.5. The van der Waals surface area contributed by atoms with Crippen LogP contribution in [-0.2, 0) is 6.54 Å². The van der Waals surface area contributed by atoms with Crippen molar-refractivity contribution in [1.82, 2.24) is 20.3 Å². The van der Waals surface area contributed by atoms with E-state index >= 15 is 0 Å². The summed E-state index contributed by atoms with van der Waals surface area (Å²) in [4.78, 5) is 0. The van der Waals surface area contributed by atoms with E-state index in [1.54, 1.807) is 10.9 Å². The Morgan fingerprint density at radius 1 is 1.42 bits per heavy atom. The number of aromatic nitrogens is 3. The predicted molar refractivity (Wildman–Crippen MR) is 80.8 cm³/mol. The molecule has 4 nitrogen and oxygen atoms in total. The third kappa shape index (κ3) is 3.35. The fourth-order valence-electron chi connectivity index (χ4n) is 1.69. The van der Waals surface area contributed by atoms with Crippen LogP contribution in [0.4, 0.5) is 0 Å². The molecular formula is C13H16BrClN4. The number of hydrogen-bond donors (Lipinski definition) is 1. The van der Waals surface area contributed by atoms with Crippen LogP contribution in [0.25, 0.3) is 5.69 Å². The van der Waals surface area contributed by atoms with Crippen LogP contribution in [0.2, 0.25) is 5.02 Å². The van der Waals surface area contributed by atoms with E-state index in [9.17, 15) is 0 Å². The van der Waals surface area contributed by atoms with Crippen LogP contribution >= 0.6 is 27.5 Å². The van der Waals surface area contributed by atoms with Gasteiger partial charge in [-0.15, -0.1) is 5.10 Å². The maximum Gasteiger partial charge on any atom is 0.0824 e. The zero-order valence-corrected chi connectivity index (χ0v) is 13.5. The van der Waals surface area contributed by atoms with E-state index in [0.717, 1.165) is 26.4 Å². The number of hydrogen-bond acceptors (Lipinski definition) is 3. The van der Waals surface area contributed by atoms with Crippen LogP contribution in [0.1, 0.15) is 25.1 Å². The summed E-state index contributed by atoms with van der Waals surface area (Å²) >= 11 is 9.73. The average molecular weight is 344 g/mol. The van der Waals surface area contributed by atoms with E-state index in [2.05, 4.69) is 45.4 Å². The normalized spacial score (nSPS) is 11.3. The molecule has 1 N–H and O–H groups in total. The fourth-order valence-corrected chi connectivity index (χ4v) is 2.47. The summed E-state index contributed by atoms with van der Waals surface area (Å²) in [7, 11) is 0. The highest BCUT2D eigenvalue weighted by Gasteiger charge is 2.11. The van der Waals surface area contributed by atoms with Gasteiger partial charge in [0.1, 0.15) is 0 Å². The maximum absolute atomic E-state index is 6.18. The molecule has 0 aliphatic heterocycles. The molecule has 0 aliphatic carbocycles. The number of aryl methyl sites for hydroxylation is 1. The molecule has 0 unspecified atom stereocenters. The summed E-state index contributed by atoms with van der Waals surface area (Å²) in [6.07, 6.45) is 1.76. The predicted octanol–water partition coefficient (Wildman–Crippen LogP) is 3.49. The van der Waals surface area contributed by atoms with Crippen LogP contribution in [-0.4, -0.2) is 21.0 Å². The standard InChI is InChI=1S/C13H16BrClN4/c1-8(2)16-6-10-7-17-18-19(10)13-5-12(15)9(3)4-11(13)14/h4-5,7-8,16H,6H2,1-3H3. The van der Waals surface area contributed by atoms with Crippen LogP contribution < -0.4 is 5.32 Å². The van der Waals surface area contributed by atoms with Gasteiger partial charge in [0.25, 0.3) is 0 Å². The first-order valence-corrected chi connectivity index (χ1v) is 7.25. The lowest BCUT2D eigenvalue weighted by Crippen LogP contribution is -2.23. The summed E-state index contributed by atoms with van der Waals surface area (Å²) in [5, 5.41) is 12.2. The molecule has 0 fully saturated rings. The van der Waals surface area contributed by atoms with Gasteiger partial charge in [0.15, 0.2) is 0 Å². The smallest absolute Gasteiger partial charge is 0.0824 e. The van der Waals surface area contributed by atoms with Gasteiger partial charge in [0.2, 0.25) is 0 Å². The Labute approximate surface area is 126 Å². The van der Waals surface area contributed by atoms with Crippen molar-refractivity contribution in [2.24, 2.45) is 0 Å². The van der Waals surface area contributed by atoms with E-state index in [0.29, 0.717) is 12.6 Å². The Morgan fingerprint density at radius 2 is 2.16 bits per heavy atom. The highest BCUT2D eigenvalue weighted by Crippen LogP contribution is 2.28. The largest absolute Gasteiger partial charge is 0.309 e. The average Bonchev–Trinajstić information content (AvgIpc) is 2.79. The molecule has 6 heteroatoms. The van der Waals surface area contributed by atoms with Gasteiger partial charge in [0, 0.05) is 22.1 Å². The minimum atomic E-state index is 0.411. The quantitative estimate of drug-likeness (QED) is 0.924. The summed E-state index contributed by atoms with van der Waals surface area (Å²) in [6.45, 7) is 6.89. The van der Waals surface area contributed by atoms with Gasteiger partial charge in [-0.2, -0.15) is 0 Å². The van der Waals surface area contributed by atoms with E-state index in [1.165, 1.54) is 0 Å². The van der Waals surface area contributed by atoms with Crippen molar-refractivity contribution >= 4 is 27.5 Å². The summed E-state index contributed by atoms with van der Waals surface area (Å²) in [6, 6.07) is 4.29. The summed E-state index contributed by atoms with van der Waals surface area (Å²) in [5.74, 6) is 0.